The first-order valence-corrected chi connectivity index (χ1v) is 18.8. The Kier molecular flexibility index (Phi) is 13.9. The lowest BCUT2D eigenvalue weighted by Crippen LogP contribution is -2.64. The zero-order valence-corrected chi connectivity index (χ0v) is 32.3. The SMILES string of the molecule is COc1ccc(-c2oc3c(CC=C(C)C)c(OC4OC(CO)C(O)C(O)C4O)cc(O)c3c(=O)c2OC2OC(C)C(O)C(OC3OC(CO)C(O)C(O)C3O)C2O)cc1. The van der Waals surface area contributed by atoms with Gasteiger partial charge in [-0.15, -0.1) is 0 Å². The monoisotopic (exact) mass is 838 g/mol. The molecule has 6 rings (SSSR count). The summed E-state index contributed by atoms with van der Waals surface area (Å²) >= 11 is 0. The molecule has 15 atom stereocenters. The second-order valence-corrected chi connectivity index (χ2v) is 14.8. The molecule has 3 aliphatic rings. The quantitative estimate of drug-likeness (QED) is 0.0870. The van der Waals surface area contributed by atoms with Crippen LogP contribution in [0.1, 0.15) is 26.3 Å². The highest BCUT2D eigenvalue weighted by atomic mass is 16.7. The average molecular weight is 839 g/mol. The standard InChI is InChI=1S/C39H50O20/c1-14(2)5-10-18-20(54-37-30(49)28(47)25(44)21(12-40)55-37)11-19(42)23-27(46)36(33(57-34(18)23)16-6-8-17(52-4)9-7-16)59-39-32(51)35(24(43)15(3)53-39)58-38-31(50)29(48)26(45)22(13-41)56-38/h5-9,11,15,21-22,24-26,28-32,35,37-45,47-51H,10,12-13H2,1-4H3. The number of rotatable bonds is 12. The van der Waals surface area contributed by atoms with Gasteiger partial charge in [-0.05, 0) is 51.5 Å². The molecule has 20 nitrogen and oxygen atoms in total. The Bertz CT molecular complexity index is 1990. The molecule has 0 amide bonds. The molecule has 11 N–H and O–H groups in total. The number of methoxy groups -OCH3 is 1. The maximum Gasteiger partial charge on any atom is 0.239 e. The van der Waals surface area contributed by atoms with Crippen LogP contribution in [0.25, 0.3) is 22.3 Å². The summed E-state index contributed by atoms with van der Waals surface area (Å²) in [6.45, 7) is 3.48. The Morgan fingerprint density at radius 3 is 1.90 bits per heavy atom. The van der Waals surface area contributed by atoms with Gasteiger partial charge < -0.3 is 93.7 Å². The number of hydrogen-bond acceptors (Lipinski definition) is 20. The van der Waals surface area contributed by atoms with Gasteiger partial charge in [0.1, 0.15) is 95.4 Å². The minimum absolute atomic E-state index is 0.00783. The van der Waals surface area contributed by atoms with Gasteiger partial charge in [-0.1, -0.05) is 11.6 Å². The van der Waals surface area contributed by atoms with Gasteiger partial charge in [0, 0.05) is 17.2 Å². The fraction of sp³-hybridized carbons (Fsp3) is 0.564. The second kappa shape index (κ2) is 18.3. The van der Waals surface area contributed by atoms with Gasteiger partial charge in [-0.3, -0.25) is 4.79 Å². The molecule has 59 heavy (non-hydrogen) atoms. The normalized spacial score (nSPS) is 35.0. The van der Waals surface area contributed by atoms with Gasteiger partial charge >= 0.3 is 0 Å². The highest BCUT2D eigenvalue weighted by Crippen LogP contribution is 2.42. The topological polar surface area (TPSA) is 317 Å². The van der Waals surface area contributed by atoms with E-state index in [1.54, 1.807) is 32.1 Å². The molecule has 3 aromatic rings. The van der Waals surface area contributed by atoms with Gasteiger partial charge in [0.05, 0.1) is 26.4 Å². The number of phenolic OH excluding ortho intramolecular Hbond substituents is 1. The van der Waals surface area contributed by atoms with Crippen LogP contribution in [0.15, 0.2) is 51.2 Å². The van der Waals surface area contributed by atoms with Gasteiger partial charge in [0.15, 0.2) is 12.1 Å². The van der Waals surface area contributed by atoms with Crippen molar-refractivity contribution < 1.29 is 93.7 Å². The maximum atomic E-state index is 14.6. The van der Waals surface area contributed by atoms with Crippen LogP contribution in [0, 0.1) is 0 Å². The molecular formula is C39H50O20. The molecule has 3 saturated heterocycles. The van der Waals surface area contributed by atoms with E-state index in [1.165, 1.54) is 26.2 Å². The summed E-state index contributed by atoms with van der Waals surface area (Å²) < 4.78 is 46.2. The van der Waals surface area contributed by atoms with Gasteiger partial charge in [-0.2, -0.15) is 0 Å². The Morgan fingerprint density at radius 2 is 1.32 bits per heavy atom. The maximum absolute atomic E-state index is 14.6. The lowest BCUT2D eigenvalue weighted by Gasteiger charge is -2.45. The Morgan fingerprint density at radius 1 is 0.746 bits per heavy atom. The summed E-state index contributed by atoms with van der Waals surface area (Å²) in [5, 5.41) is 116. The van der Waals surface area contributed by atoms with Crippen LogP contribution in [-0.2, 0) is 25.4 Å². The van der Waals surface area contributed by atoms with Crippen LogP contribution in [0.4, 0.5) is 0 Å². The molecule has 15 unspecified atom stereocenters. The zero-order chi connectivity index (χ0) is 43.0. The molecule has 4 heterocycles. The van der Waals surface area contributed by atoms with Crippen molar-refractivity contribution in [2.45, 2.75) is 119 Å². The van der Waals surface area contributed by atoms with Crippen LogP contribution in [0.3, 0.4) is 0 Å². The number of hydrogen-bond donors (Lipinski definition) is 11. The van der Waals surface area contributed by atoms with E-state index < -0.39 is 128 Å². The summed E-state index contributed by atoms with van der Waals surface area (Å²) in [5.41, 5.74) is -0.00688. The highest BCUT2D eigenvalue weighted by molar-refractivity contribution is 5.91. The largest absolute Gasteiger partial charge is 0.507 e. The average Bonchev–Trinajstić information content (AvgIpc) is 3.21. The van der Waals surface area contributed by atoms with E-state index in [1.807, 2.05) is 0 Å². The van der Waals surface area contributed by atoms with Crippen molar-refractivity contribution in [1.82, 2.24) is 0 Å². The predicted octanol–water partition coefficient (Wildman–Crippen LogP) is -2.11. The Balaban J connectivity index is 1.45. The second-order valence-electron chi connectivity index (χ2n) is 14.8. The number of ether oxygens (including phenoxy) is 7. The van der Waals surface area contributed by atoms with Crippen molar-refractivity contribution in [3.05, 3.63) is 57.8 Å². The van der Waals surface area contributed by atoms with Crippen molar-refractivity contribution in [2.24, 2.45) is 0 Å². The molecule has 0 aliphatic carbocycles. The zero-order valence-electron chi connectivity index (χ0n) is 32.3. The third kappa shape index (κ3) is 8.79. The summed E-state index contributed by atoms with van der Waals surface area (Å²) in [7, 11) is 1.44. The minimum atomic E-state index is -1.96. The summed E-state index contributed by atoms with van der Waals surface area (Å²) in [4.78, 5) is 14.6. The molecule has 2 aromatic carbocycles. The summed E-state index contributed by atoms with van der Waals surface area (Å²) in [5.74, 6) is -1.30. The summed E-state index contributed by atoms with van der Waals surface area (Å²) in [6.07, 6.45) is -23.4. The first-order valence-electron chi connectivity index (χ1n) is 18.8. The van der Waals surface area contributed by atoms with Crippen LogP contribution in [-0.4, -0.2) is 169 Å². The molecule has 1 aromatic heterocycles. The fourth-order valence-corrected chi connectivity index (χ4v) is 7.00. The van der Waals surface area contributed by atoms with E-state index in [2.05, 4.69) is 0 Å². The molecular weight excluding hydrogens is 788 g/mol. The predicted molar refractivity (Wildman–Crippen MR) is 199 cm³/mol. The molecule has 0 spiro atoms. The number of fused-ring (bicyclic) bond motifs is 1. The van der Waals surface area contributed by atoms with Gasteiger partial charge in [-0.25, -0.2) is 0 Å². The molecule has 326 valence electrons. The highest BCUT2D eigenvalue weighted by Gasteiger charge is 2.51. The van der Waals surface area contributed by atoms with Crippen LogP contribution >= 0.6 is 0 Å². The van der Waals surface area contributed by atoms with Crippen molar-refractivity contribution in [2.75, 3.05) is 20.3 Å². The number of aliphatic hydroxyl groups is 10. The molecule has 20 heteroatoms. The van der Waals surface area contributed by atoms with E-state index in [4.69, 9.17) is 37.6 Å². The first-order chi connectivity index (χ1) is 28.0. The fourth-order valence-electron chi connectivity index (χ4n) is 7.00. The number of phenols is 1. The Hall–Kier alpha value is -3.97. The van der Waals surface area contributed by atoms with E-state index >= 15 is 0 Å². The number of aliphatic hydroxyl groups excluding tert-OH is 10. The molecule has 0 radical (unpaired) electrons. The Labute approximate surface area is 336 Å². The smallest absolute Gasteiger partial charge is 0.239 e. The van der Waals surface area contributed by atoms with Crippen molar-refractivity contribution in [1.29, 1.82) is 0 Å². The van der Waals surface area contributed by atoms with Crippen LogP contribution in [0.2, 0.25) is 0 Å². The number of allylic oxidation sites excluding steroid dienone is 2. The van der Waals surface area contributed by atoms with Gasteiger partial charge in [0.2, 0.25) is 23.8 Å². The number of benzene rings is 2. The van der Waals surface area contributed by atoms with E-state index in [9.17, 15) is 61.0 Å². The van der Waals surface area contributed by atoms with Gasteiger partial charge in [0.25, 0.3) is 0 Å². The van der Waals surface area contributed by atoms with Crippen molar-refractivity contribution in [3.8, 4) is 34.3 Å². The third-order valence-electron chi connectivity index (χ3n) is 10.5. The van der Waals surface area contributed by atoms with E-state index in [0.29, 0.717) is 5.75 Å². The number of aromatic hydroxyl groups is 1. The summed E-state index contributed by atoms with van der Waals surface area (Å²) in [6, 6.07) is 7.20. The van der Waals surface area contributed by atoms with Crippen LogP contribution < -0.4 is 19.6 Å². The lowest BCUT2D eigenvalue weighted by molar-refractivity contribution is -0.350. The van der Waals surface area contributed by atoms with E-state index in [0.717, 1.165) is 11.6 Å². The van der Waals surface area contributed by atoms with Crippen molar-refractivity contribution in [3.63, 3.8) is 0 Å². The first kappa shape index (κ1) is 44.6. The third-order valence-corrected chi connectivity index (χ3v) is 10.5. The molecule has 0 bridgehead atoms. The van der Waals surface area contributed by atoms with E-state index in [-0.39, 0.29) is 34.6 Å². The lowest BCUT2D eigenvalue weighted by atomic mass is 9.97. The van der Waals surface area contributed by atoms with Crippen LogP contribution in [0.5, 0.6) is 23.0 Å². The molecule has 0 saturated carbocycles. The minimum Gasteiger partial charge on any atom is -0.507 e. The molecule has 3 fully saturated rings. The molecule has 3 aliphatic heterocycles. The van der Waals surface area contributed by atoms with Crippen molar-refractivity contribution >= 4 is 11.0 Å².